The molecule has 1 aliphatic heterocycles. The number of rotatable bonds is 7. The maximum atomic E-state index is 11.9. The number of carbonyl (C=O) groups excluding carboxylic acids is 1. The highest BCUT2D eigenvalue weighted by Gasteiger charge is 2.27. The zero-order valence-corrected chi connectivity index (χ0v) is 11.7. The molecule has 0 aliphatic carbocycles. The predicted octanol–water partition coefficient (Wildman–Crippen LogP) is 0.966. The fourth-order valence-electron chi connectivity index (χ4n) is 2.02. The van der Waals surface area contributed by atoms with Gasteiger partial charge in [-0.1, -0.05) is 6.92 Å². The molecule has 0 aromatic carbocycles. The van der Waals surface area contributed by atoms with E-state index >= 15 is 0 Å². The van der Waals surface area contributed by atoms with Crippen LogP contribution in [0, 0.1) is 0 Å². The first kappa shape index (κ1) is 14.8. The van der Waals surface area contributed by atoms with Crippen molar-refractivity contribution in [1.82, 2.24) is 10.2 Å². The minimum Gasteiger partial charge on any atom is -0.465 e. The molecule has 100 valence electrons. The van der Waals surface area contributed by atoms with Crippen molar-refractivity contribution in [2.75, 3.05) is 44.3 Å². The van der Waals surface area contributed by atoms with Gasteiger partial charge in [0.15, 0.2) is 0 Å². The van der Waals surface area contributed by atoms with E-state index in [-0.39, 0.29) is 12.0 Å². The summed E-state index contributed by atoms with van der Waals surface area (Å²) in [5, 5.41) is 3.31. The van der Waals surface area contributed by atoms with Crippen molar-refractivity contribution in [3.8, 4) is 0 Å². The average Bonchev–Trinajstić information content (AvgIpc) is 2.36. The Morgan fingerprint density at radius 1 is 1.41 bits per heavy atom. The molecule has 5 heteroatoms. The summed E-state index contributed by atoms with van der Waals surface area (Å²) in [6.45, 7) is 8.32. The van der Waals surface area contributed by atoms with Gasteiger partial charge in [-0.05, 0) is 24.9 Å². The van der Waals surface area contributed by atoms with Crippen LogP contribution >= 0.6 is 11.8 Å². The number of nitrogens with zero attached hydrogens (tertiary/aromatic N) is 1. The molecule has 0 bridgehead atoms. The molecule has 1 N–H and O–H groups in total. The topological polar surface area (TPSA) is 41.6 Å². The number of nitrogens with one attached hydrogen (secondary N) is 1. The smallest absolute Gasteiger partial charge is 0.323 e. The molecule has 0 radical (unpaired) electrons. The van der Waals surface area contributed by atoms with E-state index in [0.717, 1.165) is 44.1 Å². The van der Waals surface area contributed by atoms with Crippen LogP contribution in [0.3, 0.4) is 0 Å². The minimum absolute atomic E-state index is 0.0453. The summed E-state index contributed by atoms with van der Waals surface area (Å²) in [6.07, 6.45) is 0.900. The summed E-state index contributed by atoms with van der Waals surface area (Å²) in [4.78, 5) is 14.2. The first-order valence-corrected chi connectivity index (χ1v) is 7.64. The van der Waals surface area contributed by atoms with Gasteiger partial charge in [-0.25, -0.2) is 0 Å². The van der Waals surface area contributed by atoms with E-state index < -0.39 is 0 Å². The highest BCUT2D eigenvalue weighted by atomic mass is 32.2. The van der Waals surface area contributed by atoms with Crippen molar-refractivity contribution in [3.63, 3.8) is 0 Å². The van der Waals surface area contributed by atoms with Gasteiger partial charge in [0.1, 0.15) is 6.04 Å². The summed E-state index contributed by atoms with van der Waals surface area (Å²) < 4.78 is 5.18. The highest BCUT2D eigenvalue weighted by molar-refractivity contribution is 7.99. The summed E-state index contributed by atoms with van der Waals surface area (Å²) >= 11 is 1.89. The average molecular weight is 260 g/mol. The van der Waals surface area contributed by atoms with Gasteiger partial charge >= 0.3 is 5.97 Å². The van der Waals surface area contributed by atoms with Crippen LogP contribution in [0.1, 0.15) is 20.3 Å². The molecular formula is C12H24N2O2S. The standard InChI is InChI=1S/C12H24N2O2S/c1-3-16-12(15)11(5-10-17-4-2)14-8-6-13-7-9-14/h11,13H,3-10H2,1-2H3. The lowest BCUT2D eigenvalue weighted by Gasteiger charge is -2.33. The normalized spacial score (nSPS) is 18.9. The van der Waals surface area contributed by atoms with E-state index in [1.807, 2.05) is 18.7 Å². The predicted molar refractivity (Wildman–Crippen MR) is 72.5 cm³/mol. The van der Waals surface area contributed by atoms with E-state index in [4.69, 9.17) is 4.74 Å². The third-order valence-corrected chi connectivity index (χ3v) is 3.82. The van der Waals surface area contributed by atoms with Gasteiger partial charge in [0, 0.05) is 26.2 Å². The lowest BCUT2D eigenvalue weighted by Crippen LogP contribution is -2.51. The third kappa shape index (κ3) is 5.27. The Morgan fingerprint density at radius 3 is 2.71 bits per heavy atom. The van der Waals surface area contributed by atoms with Gasteiger partial charge in [0.2, 0.25) is 0 Å². The molecule has 0 aromatic heterocycles. The number of ether oxygens (including phenoxy) is 1. The van der Waals surface area contributed by atoms with Gasteiger partial charge in [-0.3, -0.25) is 9.69 Å². The van der Waals surface area contributed by atoms with Crippen molar-refractivity contribution in [1.29, 1.82) is 0 Å². The van der Waals surface area contributed by atoms with Crippen LogP contribution in [0.2, 0.25) is 0 Å². The Labute approximate surface area is 108 Å². The van der Waals surface area contributed by atoms with Gasteiger partial charge in [-0.2, -0.15) is 11.8 Å². The summed E-state index contributed by atoms with van der Waals surface area (Å²) in [5.74, 6) is 2.09. The maximum absolute atomic E-state index is 11.9. The van der Waals surface area contributed by atoms with Crippen molar-refractivity contribution in [2.24, 2.45) is 0 Å². The molecule has 1 atom stereocenters. The molecule has 0 spiro atoms. The van der Waals surface area contributed by atoms with Gasteiger partial charge in [-0.15, -0.1) is 0 Å². The number of carbonyl (C=O) groups is 1. The van der Waals surface area contributed by atoms with Crippen LogP contribution in [0.5, 0.6) is 0 Å². The summed E-state index contributed by atoms with van der Waals surface area (Å²) in [7, 11) is 0. The molecule has 17 heavy (non-hydrogen) atoms. The summed E-state index contributed by atoms with van der Waals surface area (Å²) in [6, 6.07) is -0.0453. The van der Waals surface area contributed by atoms with Crippen LogP contribution in [0.25, 0.3) is 0 Å². The van der Waals surface area contributed by atoms with Crippen molar-refractivity contribution in [2.45, 2.75) is 26.3 Å². The largest absolute Gasteiger partial charge is 0.465 e. The second-order valence-corrected chi connectivity index (χ2v) is 5.43. The van der Waals surface area contributed by atoms with Crippen LogP contribution in [-0.4, -0.2) is 61.2 Å². The van der Waals surface area contributed by atoms with Crippen LogP contribution in [-0.2, 0) is 9.53 Å². The molecule has 1 fully saturated rings. The highest BCUT2D eigenvalue weighted by Crippen LogP contribution is 2.12. The van der Waals surface area contributed by atoms with E-state index in [1.165, 1.54) is 0 Å². The van der Waals surface area contributed by atoms with E-state index in [1.54, 1.807) is 0 Å². The molecule has 0 aromatic rings. The van der Waals surface area contributed by atoms with Crippen LogP contribution < -0.4 is 5.32 Å². The zero-order valence-electron chi connectivity index (χ0n) is 10.9. The van der Waals surface area contributed by atoms with Crippen LogP contribution in [0.15, 0.2) is 0 Å². The second-order valence-electron chi connectivity index (χ2n) is 4.04. The Balaban J connectivity index is 2.47. The zero-order chi connectivity index (χ0) is 12.5. The molecule has 1 saturated heterocycles. The number of piperazine rings is 1. The monoisotopic (exact) mass is 260 g/mol. The Morgan fingerprint density at radius 2 is 2.12 bits per heavy atom. The lowest BCUT2D eigenvalue weighted by atomic mass is 10.1. The first-order chi connectivity index (χ1) is 8.29. The van der Waals surface area contributed by atoms with Crippen molar-refractivity contribution < 1.29 is 9.53 Å². The van der Waals surface area contributed by atoms with Gasteiger partial charge in [0.25, 0.3) is 0 Å². The second kappa shape index (κ2) is 8.78. The number of hydrogen-bond acceptors (Lipinski definition) is 5. The molecule has 1 heterocycles. The van der Waals surface area contributed by atoms with E-state index in [9.17, 15) is 4.79 Å². The molecule has 4 nitrogen and oxygen atoms in total. The minimum atomic E-state index is -0.0499. The SMILES string of the molecule is CCOC(=O)C(CCSCC)N1CCNCC1. The molecule has 1 rings (SSSR count). The molecule has 1 aliphatic rings. The van der Waals surface area contributed by atoms with Crippen LogP contribution in [0.4, 0.5) is 0 Å². The Kier molecular flexibility index (Phi) is 7.64. The van der Waals surface area contributed by atoms with E-state index in [2.05, 4.69) is 17.1 Å². The quantitative estimate of drug-likeness (QED) is 0.545. The van der Waals surface area contributed by atoms with Crippen molar-refractivity contribution >= 4 is 17.7 Å². The fourth-order valence-corrected chi connectivity index (χ4v) is 2.70. The number of hydrogen-bond donors (Lipinski definition) is 1. The third-order valence-electron chi connectivity index (χ3n) is 2.89. The fraction of sp³-hybridized carbons (Fsp3) is 0.917. The number of thioether (sulfide) groups is 1. The van der Waals surface area contributed by atoms with Crippen molar-refractivity contribution in [3.05, 3.63) is 0 Å². The summed E-state index contributed by atoms with van der Waals surface area (Å²) in [5.41, 5.74) is 0. The Hall–Kier alpha value is -0.260. The maximum Gasteiger partial charge on any atom is 0.323 e. The van der Waals surface area contributed by atoms with Gasteiger partial charge < -0.3 is 10.1 Å². The lowest BCUT2D eigenvalue weighted by molar-refractivity contribution is -0.149. The molecule has 0 saturated carbocycles. The first-order valence-electron chi connectivity index (χ1n) is 6.48. The number of esters is 1. The van der Waals surface area contributed by atoms with Gasteiger partial charge in [0.05, 0.1) is 6.61 Å². The molecular weight excluding hydrogens is 236 g/mol. The molecule has 0 amide bonds. The molecule has 1 unspecified atom stereocenters. The van der Waals surface area contributed by atoms with E-state index in [0.29, 0.717) is 6.61 Å². The Bertz CT molecular complexity index is 221.